The van der Waals surface area contributed by atoms with Gasteiger partial charge in [-0.05, 0) is 51.3 Å². The molecule has 4 nitrogen and oxygen atoms in total. The fraction of sp³-hybridized carbons (Fsp3) is 0.562. The van der Waals surface area contributed by atoms with E-state index in [9.17, 15) is 5.11 Å². The number of rotatable bonds is 4. The van der Waals surface area contributed by atoms with Gasteiger partial charge in [0.2, 0.25) is 0 Å². The van der Waals surface area contributed by atoms with Crippen molar-refractivity contribution in [3.63, 3.8) is 0 Å². The van der Waals surface area contributed by atoms with E-state index in [1.807, 2.05) is 13.1 Å². The lowest BCUT2D eigenvalue weighted by atomic mass is 10.1. The first-order valence-electron chi connectivity index (χ1n) is 7.48. The van der Waals surface area contributed by atoms with Crippen LogP contribution in [0.1, 0.15) is 37.4 Å². The van der Waals surface area contributed by atoms with Gasteiger partial charge in [0.1, 0.15) is 5.65 Å². The molecule has 2 aromatic rings. The van der Waals surface area contributed by atoms with Crippen LogP contribution in [0, 0.1) is 6.92 Å². The molecule has 2 atom stereocenters. The van der Waals surface area contributed by atoms with Crippen LogP contribution in [0.2, 0.25) is 0 Å². The highest BCUT2D eigenvalue weighted by Crippen LogP contribution is 2.24. The van der Waals surface area contributed by atoms with Crippen molar-refractivity contribution in [2.45, 2.75) is 51.8 Å². The second-order valence-electron chi connectivity index (χ2n) is 6.04. The van der Waals surface area contributed by atoms with Gasteiger partial charge >= 0.3 is 0 Å². The Morgan fingerprint density at radius 3 is 3.10 bits per heavy atom. The molecule has 1 N–H and O–H groups in total. The number of aromatic nitrogens is 2. The first-order valence-corrected chi connectivity index (χ1v) is 7.48. The second-order valence-corrected chi connectivity index (χ2v) is 6.04. The number of aliphatic hydroxyl groups excluding tert-OH is 1. The van der Waals surface area contributed by atoms with Crippen LogP contribution in [-0.4, -0.2) is 38.1 Å². The number of aliphatic hydroxyl groups is 1. The zero-order valence-electron chi connectivity index (χ0n) is 12.3. The smallest absolute Gasteiger partial charge is 0.136 e. The summed E-state index contributed by atoms with van der Waals surface area (Å²) in [5.41, 5.74) is 3.50. The van der Waals surface area contributed by atoms with Gasteiger partial charge in [-0.1, -0.05) is 6.07 Å². The average molecular weight is 273 g/mol. The van der Waals surface area contributed by atoms with Crippen LogP contribution in [0.5, 0.6) is 0 Å². The Kier molecular flexibility index (Phi) is 3.76. The Morgan fingerprint density at radius 2 is 2.30 bits per heavy atom. The first kappa shape index (κ1) is 13.6. The Morgan fingerprint density at radius 1 is 1.45 bits per heavy atom. The Balaban J connectivity index is 1.80. The zero-order chi connectivity index (χ0) is 14.1. The summed E-state index contributed by atoms with van der Waals surface area (Å²) in [5.74, 6) is 0. The molecule has 1 fully saturated rings. The molecule has 108 valence electrons. The van der Waals surface area contributed by atoms with E-state index in [1.165, 1.54) is 24.1 Å². The summed E-state index contributed by atoms with van der Waals surface area (Å²) in [6, 6.07) is 4.67. The van der Waals surface area contributed by atoms with Crippen molar-refractivity contribution >= 4 is 5.65 Å². The summed E-state index contributed by atoms with van der Waals surface area (Å²) in [7, 11) is 0. The van der Waals surface area contributed by atoms with Gasteiger partial charge in [0.05, 0.1) is 18.0 Å². The van der Waals surface area contributed by atoms with E-state index < -0.39 is 0 Å². The second kappa shape index (κ2) is 5.54. The Labute approximate surface area is 120 Å². The number of imidazole rings is 1. The molecule has 3 rings (SSSR count). The number of nitrogens with zero attached hydrogens (tertiary/aromatic N) is 3. The molecule has 0 saturated carbocycles. The van der Waals surface area contributed by atoms with Crippen molar-refractivity contribution in [2.24, 2.45) is 0 Å². The minimum absolute atomic E-state index is 0.218. The molecular formula is C16H23N3O. The van der Waals surface area contributed by atoms with Crippen molar-refractivity contribution in [3.05, 3.63) is 35.8 Å². The fourth-order valence-electron chi connectivity index (χ4n) is 3.23. The highest BCUT2D eigenvalue weighted by atomic mass is 16.3. The van der Waals surface area contributed by atoms with Crippen molar-refractivity contribution in [1.82, 2.24) is 14.3 Å². The number of likely N-dealkylation sites (tertiary alicyclic amines) is 1. The van der Waals surface area contributed by atoms with E-state index in [0.717, 1.165) is 25.2 Å². The summed E-state index contributed by atoms with van der Waals surface area (Å²) >= 11 is 0. The van der Waals surface area contributed by atoms with Gasteiger partial charge in [-0.25, -0.2) is 4.98 Å². The van der Waals surface area contributed by atoms with E-state index in [1.54, 1.807) is 0 Å². The molecule has 0 radical (unpaired) electrons. The third kappa shape index (κ3) is 2.72. The molecule has 1 aliphatic heterocycles. The molecule has 0 amide bonds. The molecule has 0 aromatic carbocycles. The van der Waals surface area contributed by atoms with E-state index in [2.05, 4.69) is 39.5 Å². The summed E-state index contributed by atoms with van der Waals surface area (Å²) in [4.78, 5) is 6.96. The maximum absolute atomic E-state index is 9.62. The lowest BCUT2D eigenvalue weighted by molar-refractivity contribution is 0.130. The van der Waals surface area contributed by atoms with Crippen molar-refractivity contribution in [1.29, 1.82) is 0 Å². The van der Waals surface area contributed by atoms with E-state index in [4.69, 9.17) is 0 Å². The number of pyridine rings is 1. The highest BCUT2D eigenvalue weighted by molar-refractivity contribution is 5.41. The normalized spacial score (nSPS) is 21.6. The lowest BCUT2D eigenvalue weighted by Gasteiger charge is -2.25. The summed E-state index contributed by atoms with van der Waals surface area (Å²) in [6.45, 7) is 6.03. The van der Waals surface area contributed by atoms with E-state index >= 15 is 0 Å². The minimum atomic E-state index is -0.218. The van der Waals surface area contributed by atoms with Crippen LogP contribution < -0.4 is 0 Å². The van der Waals surface area contributed by atoms with Crippen LogP contribution in [0.15, 0.2) is 24.5 Å². The first-order chi connectivity index (χ1) is 9.63. The molecule has 4 heteroatoms. The third-order valence-corrected chi connectivity index (χ3v) is 4.21. The Bertz CT molecular complexity index is 590. The van der Waals surface area contributed by atoms with Gasteiger partial charge in [-0.15, -0.1) is 0 Å². The number of hydrogen-bond acceptors (Lipinski definition) is 3. The highest BCUT2D eigenvalue weighted by Gasteiger charge is 2.26. The standard InChI is InChI=1S/C16H23N3O/c1-12-5-6-16-17-9-15(19(16)10-12)11-18-7-3-4-14(18)8-13(2)20/h5-6,9-10,13-14,20H,3-4,7-8,11H2,1-2H3. The predicted molar refractivity (Wildman–Crippen MR) is 79.7 cm³/mol. The molecule has 0 bridgehead atoms. The van der Waals surface area contributed by atoms with Crippen molar-refractivity contribution in [3.8, 4) is 0 Å². The van der Waals surface area contributed by atoms with Gasteiger partial charge in [0.25, 0.3) is 0 Å². The monoisotopic (exact) mass is 273 g/mol. The van der Waals surface area contributed by atoms with Gasteiger partial charge in [-0.3, -0.25) is 4.90 Å². The van der Waals surface area contributed by atoms with Crippen LogP contribution in [-0.2, 0) is 6.54 Å². The van der Waals surface area contributed by atoms with Crippen molar-refractivity contribution in [2.75, 3.05) is 6.54 Å². The summed E-state index contributed by atoms with van der Waals surface area (Å²) in [6.07, 6.45) is 7.21. The molecule has 20 heavy (non-hydrogen) atoms. The fourth-order valence-corrected chi connectivity index (χ4v) is 3.23. The van der Waals surface area contributed by atoms with E-state index in [-0.39, 0.29) is 6.10 Å². The number of fused-ring (bicyclic) bond motifs is 1. The molecular weight excluding hydrogens is 250 g/mol. The average Bonchev–Trinajstić information content (AvgIpc) is 2.98. The molecule has 1 aliphatic rings. The summed E-state index contributed by atoms with van der Waals surface area (Å²) < 4.78 is 2.19. The van der Waals surface area contributed by atoms with Gasteiger partial charge in [0.15, 0.2) is 0 Å². The predicted octanol–water partition coefficient (Wildman–Crippen LogP) is 2.38. The third-order valence-electron chi connectivity index (χ3n) is 4.21. The molecule has 2 unspecified atom stereocenters. The van der Waals surface area contributed by atoms with Gasteiger partial charge in [-0.2, -0.15) is 0 Å². The summed E-state index contributed by atoms with van der Waals surface area (Å²) in [5, 5.41) is 9.62. The number of aryl methyl sites for hydroxylation is 1. The van der Waals surface area contributed by atoms with Crippen LogP contribution in [0.4, 0.5) is 0 Å². The molecule has 3 heterocycles. The Hall–Kier alpha value is -1.39. The topological polar surface area (TPSA) is 40.8 Å². The maximum atomic E-state index is 9.62. The molecule has 0 spiro atoms. The van der Waals surface area contributed by atoms with Crippen molar-refractivity contribution < 1.29 is 5.11 Å². The lowest BCUT2D eigenvalue weighted by Crippen LogP contribution is -2.31. The van der Waals surface area contributed by atoms with Crippen LogP contribution in [0.25, 0.3) is 5.65 Å². The maximum Gasteiger partial charge on any atom is 0.136 e. The largest absolute Gasteiger partial charge is 0.393 e. The SMILES string of the molecule is Cc1ccc2ncc(CN3CCCC3CC(C)O)n2c1. The van der Waals surface area contributed by atoms with Gasteiger partial charge in [0, 0.05) is 18.8 Å². The van der Waals surface area contributed by atoms with Crippen LogP contribution in [0.3, 0.4) is 0 Å². The number of hydrogen-bond donors (Lipinski definition) is 1. The van der Waals surface area contributed by atoms with Gasteiger partial charge < -0.3 is 9.51 Å². The minimum Gasteiger partial charge on any atom is -0.393 e. The quantitative estimate of drug-likeness (QED) is 0.930. The molecule has 2 aromatic heterocycles. The molecule has 1 saturated heterocycles. The zero-order valence-corrected chi connectivity index (χ0v) is 12.3. The van der Waals surface area contributed by atoms with E-state index in [0.29, 0.717) is 6.04 Å². The molecule has 0 aliphatic carbocycles. The van der Waals surface area contributed by atoms with Crippen LogP contribution >= 0.6 is 0 Å².